The van der Waals surface area contributed by atoms with Gasteiger partial charge >= 0.3 is 6.18 Å². The highest BCUT2D eigenvalue weighted by Crippen LogP contribution is 2.18. The minimum Gasteiger partial charge on any atom is -0.484 e. The second kappa shape index (κ2) is 4.17. The fraction of sp³-hybridized carbons (Fsp3) is 0.200. The van der Waals surface area contributed by atoms with Crippen molar-refractivity contribution in [1.82, 2.24) is 0 Å². The van der Waals surface area contributed by atoms with Crippen LogP contribution in [0.3, 0.4) is 0 Å². The van der Waals surface area contributed by atoms with Crippen molar-refractivity contribution in [3.63, 3.8) is 0 Å². The molecule has 0 unspecified atom stereocenters. The Hall–Kier alpha value is -1.45. The minimum atomic E-state index is -4.31. The molecule has 1 aromatic rings. The number of hydrogen-bond donors (Lipinski definition) is 0. The number of halogens is 3. The van der Waals surface area contributed by atoms with Crippen LogP contribution >= 0.6 is 0 Å². The van der Waals surface area contributed by atoms with E-state index in [0.717, 1.165) is 5.56 Å². The van der Waals surface area contributed by atoms with Crippen LogP contribution in [0.4, 0.5) is 13.2 Å². The molecule has 0 heterocycles. The fourth-order valence-corrected chi connectivity index (χ4v) is 0.840. The standard InChI is InChI=1S/C10H8F3O/c1-2-8-3-5-9(6-4-8)14-7-10(11,12)13/h1-6H,7H2. The summed E-state index contributed by atoms with van der Waals surface area (Å²) in [5.74, 6) is 0.174. The van der Waals surface area contributed by atoms with Gasteiger partial charge in [0.2, 0.25) is 0 Å². The Morgan fingerprint density at radius 3 is 2.21 bits per heavy atom. The first-order chi connectivity index (χ1) is 6.51. The van der Waals surface area contributed by atoms with E-state index in [1.54, 1.807) is 12.1 Å². The molecule has 0 aliphatic heterocycles. The van der Waals surface area contributed by atoms with Gasteiger partial charge in [-0.15, -0.1) is 0 Å². The molecule has 0 saturated carbocycles. The van der Waals surface area contributed by atoms with E-state index in [1.807, 2.05) is 0 Å². The average molecular weight is 201 g/mol. The first-order valence-electron chi connectivity index (χ1n) is 3.86. The zero-order valence-electron chi connectivity index (χ0n) is 7.21. The van der Waals surface area contributed by atoms with E-state index in [1.165, 1.54) is 18.2 Å². The normalized spacial score (nSPS) is 11.1. The van der Waals surface area contributed by atoms with Crippen LogP contribution in [-0.4, -0.2) is 12.8 Å². The van der Waals surface area contributed by atoms with Crippen molar-refractivity contribution in [2.45, 2.75) is 6.18 Å². The third-order valence-corrected chi connectivity index (χ3v) is 1.48. The van der Waals surface area contributed by atoms with Crippen LogP contribution in [-0.2, 0) is 0 Å². The Kier molecular flexibility index (Phi) is 3.17. The van der Waals surface area contributed by atoms with Gasteiger partial charge in [-0.05, 0) is 17.7 Å². The summed E-state index contributed by atoms with van der Waals surface area (Å²) in [4.78, 5) is 0. The van der Waals surface area contributed by atoms with E-state index in [9.17, 15) is 13.2 Å². The van der Waals surface area contributed by atoms with E-state index < -0.39 is 12.8 Å². The average Bonchev–Trinajstić information content (AvgIpc) is 2.14. The van der Waals surface area contributed by atoms with Crippen LogP contribution in [0.2, 0.25) is 0 Å². The van der Waals surface area contributed by atoms with Crippen molar-refractivity contribution < 1.29 is 17.9 Å². The summed E-state index contributed by atoms with van der Waals surface area (Å²) in [6, 6.07) is 6.02. The Labute approximate surface area is 79.8 Å². The van der Waals surface area contributed by atoms with Gasteiger partial charge in [0.1, 0.15) is 5.75 Å². The SMILES string of the molecule is [CH]=Cc1ccc(OCC(F)(F)F)cc1. The lowest BCUT2D eigenvalue weighted by molar-refractivity contribution is -0.153. The number of ether oxygens (including phenoxy) is 1. The molecule has 75 valence electrons. The molecule has 0 N–H and O–H groups in total. The van der Waals surface area contributed by atoms with Gasteiger partial charge < -0.3 is 4.74 Å². The molecule has 0 aromatic heterocycles. The number of alkyl halides is 3. The van der Waals surface area contributed by atoms with Crippen LogP contribution < -0.4 is 4.74 Å². The lowest BCUT2D eigenvalue weighted by Gasteiger charge is -2.08. The summed E-state index contributed by atoms with van der Waals surface area (Å²) in [5, 5.41) is 0. The van der Waals surface area contributed by atoms with Crippen molar-refractivity contribution >= 4 is 6.08 Å². The highest BCUT2D eigenvalue weighted by Gasteiger charge is 2.28. The lowest BCUT2D eigenvalue weighted by atomic mass is 10.2. The molecule has 4 heteroatoms. The van der Waals surface area contributed by atoms with Crippen LogP contribution in [0.1, 0.15) is 5.56 Å². The molecule has 1 aromatic carbocycles. The van der Waals surface area contributed by atoms with Crippen molar-refractivity contribution in [3.05, 3.63) is 36.4 Å². The van der Waals surface area contributed by atoms with Gasteiger partial charge in [-0.1, -0.05) is 24.8 Å². The molecular formula is C10H8F3O. The number of rotatable bonds is 3. The van der Waals surface area contributed by atoms with Gasteiger partial charge in [0.15, 0.2) is 6.61 Å². The predicted molar refractivity (Wildman–Crippen MR) is 46.8 cm³/mol. The molecule has 0 amide bonds. The van der Waals surface area contributed by atoms with E-state index in [-0.39, 0.29) is 5.75 Å². The molecular weight excluding hydrogens is 193 g/mol. The Morgan fingerprint density at radius 1 is 1.21 bits per heavy atom. The monoisotopic (exact) mass is 201 g/mol. The number of hydrogen-bond acceptors (Lipinski definition) is 1. The molecule has 1 nitrogen and oxygen atoms in total. The quantitative estimate of drug-likeness (QED) is 0.730. The maximum absolute atomic E-state index is 11.7. The Bertz CT molecular complexity index is 300. The highest BCUT2D eigenvalue weighted by atomic mass is 19.4. The third kappa shape index (κ3) is 3.51. The molecule has 1 radical (unpaired) electrons. The molecule has 0 bridgehead atoms. The van der Waals surface area contributed by atoms with Gasteiger partial charge in [0.25, 0.3) is 0 Å². The summed E-state index contributed by atoms with van der Waals surface area (Å²) < 4.78 is 39.7. The van der Waals surface area contributed by atoms with Crippen LogP contribution in [0, 0.1) is 6.58 Å². The lowest BCUT2D eigenvalue weighted by Crippen LogP contribution is -2.19. The molecule has 0 aliphatic carbocycles. The van der Waals surface area contributed by atoms with Gasteiger partial charge in [0, 0.05) is 0 Å². The van der Waals surface area contributed by atoms with Gasteiger partial charge in [-0.25, -0.2) is 0 Å². The summed E-state index contributed by atoms with van der Waals surface area (Å²) in [6.45, 7) is 3.92. The smallest absolute Gasteiger partial charge is 0.422 e. The maximum atomic E-state index is 11.7. The van der Waals surface area contributed by atoms with Crippen LogP contribution in [0.5, 0.6) is 5.75 Å². The zero-order chi connectivity index (χ0) is 10.6. The van der Waals surface area contributed by atoms with E-state index in [4.69, 9.17) is 6.58 Å². The minimum absolute atomic E-state index is 0.174. The molecule has 1 rings (SSSR count). The van der Waals surface area contributed by atoms with Crippen molar-refractivity contribution in [1.29, 1.82) is 0 Å². The van der Waals surface area contributed by atoms with Gasteiger partial charge in [-0.3, -0.25) is 0 Å². The predicted octanol–water partition coefficient (Wildman–Crippen LogP) is 3.07. The van der Waals surface area contributed by atoms with E-state index in [0.29, 0.717) is 0 Å². The second-order valence-electron chi connectivity index (χ2n) is 2.64. The first-order valence-corrected chi connectivity index (χ1v) is 3.86. The Morgan fingerprint density at radius 2 is 1.79 bits per heavy atom. The van der Waals surface area contributed by atoms with E-state index in [2.05, 4.69) is 4.74 Å². The topological polar surface area (TPSA) is 9.23 Å². The van der Waals surface area contributed by atoms with Crippen LogP contribution in [0.15, 0.2) is 24.3 Å². The van der Waals surface area contributed by atoms with Gasteiger partial charge in [0.05, 0.1) is 0 Å². The summed E-state index contributed by atoms with van der Waals surface area (Å²) in [6.07, 6.45) is -2.95. The largest absolute Gasteiger partial charge is 0.484 e. The van der Waals surface area contributed by atoms with Crippen molar-refractivity contribution in [2.24, 2.45) is 0 Å². The molecule has 14 heavy (non-hydrogen) atoms. The van der Waals surface area contributed by atoms with Crippen LogP contribution in [0.25, 0.3) is 6.08 Å². The maximum Gasteiger partial charge on any atom is 0.422 e. The van der Waals surface area contributed by atoms with Crippen molar-refractivity contribution in [2.75, 3.05) is 6.61 Å². The fourth-order valence-electron chi connectivity index (χ4n) is 0.840. The molecule has 0 fully saturated rings. The molecule has 0 saturated heterocycles. The second-order valence-corrected chi connectivity index (χ2v) is 2.64. The highest BCUT2D eigenvalue weighted by molar-refractivity contribution is 5.47. The molecule has 0 spiro atoms. The Balaban J connectivity index is 2.56. The zero-order valence-corrected chi connectivity index (χ0v) is 7.21. The van der Waals surface area contributed by atoms with E-state index >= 15 is 0 Å². The van der Waals surface area contributed by atoms with Crippen molar-refractivity contribution in [3.8, 4) is 5.75 Å². The molecule has 0 aliphatic rings. The summed E-state index contributed by atoms with van der Waals surface area (Å²) >= 11 is 0. The summed E-state index contributed by atoms with van der Waals surface area (Å²) in [5.41, 5.74) is 0.726. The first kappa shape index (κ1) is 10.6. The third-order valence-electron chi connectivity index (χ3n) is 1.48. The number of benzene rings is 1. The van der Waals surface area contributed by atoms with Gasteiger partial charge in [-0.2, -0.15) is 13.2 Å². The molecule has 0 atom stereocenters. The summed E-state index contributed by atoms with van der Waals surface area (Å²) in [7, 11) is 0.